The normalized spacial score (nSPS) is 10.3. The lowest BCUT2D eigenvalue weighted by molar-refractivity contribution is -0.118. The molecule has 0 radical (unpaired) electrons. The van der Waals surface area contributed by atoms with Gasteiger partial charge in [-0.2, -0.15) is 0 Å². The van der Waals surface area contributed by atoms with Crippen LogP contribution in [0.15, 0.2) is 54.0 Å². The Kier molecular flexibility index (Phi) is 5.83. The number of carbonyl (C=O) groups excluding carboxylic acids is 2. The number of aryl methyl sites for hydroxylation is 2. The summed E-state index contributed by atoms with van der Waals surface area (Å²) in [7, 11) is 0. The highest BCUT2D eigenvalue weighted by Gasteiger charge is 2.09. The average molecular weight is 381 g/mol. The molecule has 7 heteroatoms. The Balaban J connectivity index is 1.53. The number of thiazole rings is 1. The molecule has 0 aliphatic carbocycles. The Morgan fingerprint density at radius 3 is 2.52 bits per heavy atom. The molecular weight excluding hydrogens is 362 g/mol. The molecule has 3 rings (SSSR count). The third kappa shape index (κ3) is 5.15. The van der Waals surface area contributed by atoms with Gasteiger partial charge >= 0.3 is 0 Å². The third-order valence-electron chi connectivity index (χ3n) is 3.77. The van der Waals surface area contributed by atoms with Gasteiger partial charge in [-0.25, -0.2) is 4.98 Å². The van der Waals surface area contributed by atoms with E-state index in [1.807, 2.05) is 32.0 Å². The number of rotatable bonds is 6. The lowest BCUT2D eigenvalue weighted by Crippen LogP contribution is -2.20. The zero-order valence-electron chi connectivity index (χ0n) is 15.0. The first-order chi connectivity index (χ1) is 13.0. The molecule has 0 saturated heterocycles. The standard InChI is InChI=1S/C20H19N3O3S/c1-13-3-8-17(14(2)11-13)26-12-18(24)22-16-6-4-15(5-7-16)19(25)23-20-21-9-10-27-20/h3-11H,12H2,1-2H3,(H,22,24)(H,21,23,25). The van der Waals surface area contributed by atoms with Crippen molar-refractivity contribution in [3.63, 3.8) is 0 Å². The van der Waals surface area contributed by atoms with Crippen LogP contribution >= 0.6 is 11.3 Å². The summed E-state index contributed by atoms with van der Waals surface area (Å²) >= 11 is 1.35. The van der Waals surface area contributed by atoms with Crippen LogP contribution < -0.4 is 15.4 Å². The number of benzene rings is 2. The van der Waals surface area contributed by atoms with E-state index < -0.39 is 0 Å². The number of amides is 2. The largest absolute Gasteiger partial charge is 0.483 e. The molecule has 0 unspecified atom stereocenters. The van der Waals surface area contributed by atoms with Crippen molar-refractivity contribution in [3.8, 4) is 5.75 Å². The van der Waals surface area contributed by atoms with Crippen molar-refractivity contribution in [2.75, 3.05) is 17.2 Å². The molecule has 0 aliphatic heterocycles. The predicted octanol–water partition coefficient (Wildman–Crippen LogP) is 4.03. The molecule has 0 spiro atoms. The Bertz CT molecular complexity index is 938. The van der Waals surface area contributed by atoms with Gasteiger partial charge in [-0.15, -0.1) is 11.3 Å². The fraction of sp³-hybridized carbons (Fsp3) is 0.150. The summed E-state index contributed by atoms with van der Waals surface area (Å²) in [5.74, 6) is 0.168. The van der Waals surface area contributed by atoms with Gasteiger partial charge < -0.3 is 10.1 Å². The van der Waals surface area contributed by atoms with Gasteiger partial charge in [-0.05, 0) is 49.7 Å². The highest BCUT2D eigenvalue weighted by Crippen LogP contribution is 2.19. The minimum Gasteiger partial charge on any atom is -0.483 e. The van der Waals surface area contributed by atoms with E-state index in [0.717, 1.165) is 11.1 Å². The number of hydrogen-bond acceptors (Lipinski definition) is 5. The summed E-state index contributed by atoms with van der Waals surface area (Å²) in [6.07, 6.45) is 1.62. The lowest BCUT2D eigenvalue weighted by atomic mass is 10.1. The van der Waals surface area contributed by atoms with Crippen molar-refractivity contribution < 1.29 is 14.3 Å². The van der Waals surface area contributed by atoms with Crippen LogP contribution in [-0.4, -0.2) is 23.4 Å². The molecule has 1 aromatic heterocycles. The monoisotopic (exact) mass is 381 g/mol. The number of anilines is 2. The summed E-state index contributed by atoms with van der Waals surface area (Å²) in [6, 6.07) is 12.4. The second kappa shape index (κ2) is 8.46. The van der Waals surface area contributed by atoms with Crippen LogP contribution in [0.25, 0.3) is 0 Å². The summed E-state index contributed by atoms with van der Waals surface area (Å²) in [5, 5.41) is 7.78. The second-order valence-electron chi connectivity index (χ2n) is 5.97. The van der Waals surface area contributed by atoms with E-state index in [9.17, 15) is 9.59 Å². The minimum absolute atomic E-state index is 0.0871. The minimum atomic E-state index is -0.269. The van der Waals surface area contributed by atoms with Gasteiger partial charge in [0.2, 0.25) is 0 Å². The predicted molar refractivity (Wildman–Crippen MR) is 107 cm³/mol. The van der Waals surface area contributed by atoms with Crippen molar-refractivity contribution in [2.45, 2.75) is 13.8 Å². The SMILES string of the molecule is Cc1ccc(OCC(=O)Nc2ccc(C(=O)Nc3nccs3)cc2)c(C)c1. The van der Waals surface area contributed by atoms with E-state index >= 15 is 0 Å². The summed E-state index contributed by atoms with van der Waals surface area (Å²) in [5.41, 5.74) is 3.20. The molecule has 0 bridgehead atoms. The molecule has 6 nitrogen and oxygen atoms in total. The van der Waals surface area contributed by atoms with Gasteiger partial charge in [0.25, 0.3) is 11.8 Å². The van der Waals surface area contributed by atoms with E-state index in [0.29, 0.717) is 22.1 Å². The molecule has 0 saturated carbocycles. The second-order valence-corrected chi connectivity index (χ2v) is 6.87. The molecular formula is C20H19N3O3S. The smallest absolute Gasteiger partial charge is 0.262 e. The maximum Gasteiger partial charge on any atom is 0.262 e. The van der Waals surface area contributed by atoms with Gasteiger partial charge in [0.15, 0.2) is 11.7 Å². The number of aromatic nitrogens is 1. The summed E-state index contributed by atoms with van der Waals surface area (Å²) in [4.78, 5) is 28.2. The van der Waals surface area contributed by atoms with Crippen molar-refractivity contribution >= 4 is 34.0 Å². The fourth-order valence-corrected chi connectivity index (χ4v) is 2.98. The number of hydrogen-bond donors (Lipinski definition) is 2. The van der Waals surface area contributed by atoms with Crippen molar-refractivity contribution in [1.82, 2.24) is 4.98 Å². The van der Waals surface area contributed by atoms with Crippen LogP contribution in [0, 0.1) is 13.8 Å². The molecule has 0 fully saturated rings. The van der Waals surface area contributed by atoms with E-state index in [4.69, 9.17) is 4.74 Å². The Morgan fingerprint density at radius 2 is 1.85 bits per heavy atom. The number of ether oxygens (including phenoxy) is 1. The van der Waals surface area contributed by atoms with E-state index in [1.54, 1.807) is 35.8 Å². The zero-order chi connectivity index (χ0) is 19.2. The van der Waals surface area contributed by atoms with Crippen molar-refractivity contribution in [3.05, 3.63) is 70.7 Å². The molecule has 27 heavy (non-hydrogen) atoms. The van der Waals surface area contributed by atoms with Crippen LogP contribution in [0.1, 0.15) is 21.5 Å². The molecule has 0 atom stereocenters. The number of carbonyl (C=O) groups is 2. The third-order valence-corrected chi connectivity index (χ3v) is 4.46. The maximum absolute atomic E-state index is 12.1. The molecule has 138 valence electrons. The maximum atomic E-state index is 12.1. The van der Waals surface area contributed by atoms with Crippen molar-refractivity contribution in [1.29, 1.82) is 0 Å². The average Bonchev–Trinajstić information content (AvgIpc) is 3.14. The summed E-state index contributed by atoms with van der Waals surface area (Å²) < 4.78 is 5.56. The molecule has 2 N–H and O–H groups in total. The lowest BCUT2D eigenvalue weighted by Gasteiger charge is -2.10. The number of nitrogens with zero attached hydrogens (tertiary/aromatic N) is 1. The molecule has 3 aromatic rings. The van der Waals surface area contributed by atoms with Gasteiger partial charge in [-0.3, -0.25) is 14.9 Å². The van der Waals surface area contributed by atoms with Gasteiger partial charge in [0, 0.05) is 22.8 Å². The first-order valence-electron chi connectivity index (χ1n) is 8.32. The van der Waals surface area contributed by atoms with Gasteiger partial charge in [-0.1, -0.05) is 17.7 Å². The highest BCUT2D eigenvalue weighted by molar-refractivity contribution is 7.13. The van der Waals surface area contributed by atoms with Gasteiger partial charge in [0.05, 0.1) is 0 Å². The highest BCUT2D eigenvalue weighted by atomic mass is 32.1. The molecule has 2 aromatic carbocycles. The first kappa shape index (κ1) is 18.6. The first-order valence-corrected chi connectivity index (χ1v) is 9.20. The quantitative estimate of drug-likeness (QED) is 0.676. The molecule has 0 aliphatic rings. The van der Waals surface area contributed by atoms with E-state index in [-0.39, 0.29) is 18.4 Å². The van der Waals surface area contributed by atoms with E-state index in [1.165, 1.54) is 11.3 Å². The Labute approximate surface area is 161 Å². The topological polar surface area (TPSA) is 80.3 Å². The van der Waals surface area contributed by atoms with E-state index in [2.05, 4.69) is 15.6 Å². The van der Waals surface area contributed by atoms with Gasteiger partial charge in [0.1, 0.15) is 5.75 Å². The molecule has 1 heterocycles. The Morgan fingerprint density at radius 1 is 1.07 bits per heavy atom. The number of nitrogens with one attached hydrogen (secondary N) is 2. The van der Waals surface area contributed by atoms with Crippen molar-refractivity contribution in [2.24, 2.45) is 0 Å². The van der Waals surface area contributed by atoms with Crippen LogP contribution in [0.2, 0.25) is 0 Å². The van der Waals surface area contributed by atoms with Crippen LogP contribution in [-0.2, 0) is 4.79 Å². The van der Waals surface area contributed by atoms with Crippen LogP contribution in [0.3, 0.4) is 0 Å². The van der Waals surface area contributed by atoms with Crippen LogP contribution in [0.4, 0.5) is 10.8 Å². The Hall–Kier alpha value is -3.19. The van der Waals surface area contributed by atoms with Crippen LogP contribution in [0.5, 0.6) is 5.75 Å². The summed E-state index contributed by atoms with van der Waals surface area (Å²) in [6.45, 7) is 3.86. The molecule has 2 amide bonds. The zero-order valence-corrected chi connectivity index (χ0v) is 15.8. The fourth-order valence-electron chi connectivity index (χ4n) is 2.46.